The van der Waals surface area contributed by atoms with Crippen molar-refractivity contribution < 1.29 is 0 Å². The van der Waals surface area contributed by atoms with Gasteiger partial charge in [0.1, 0.15) is 0 Å². The quantitative estimate of drug-likeness (QED) is 0.569. The van der Waals surface area contributed by atoms with Gasteiger partial charge in [0.2, 0.25) is 0 Å². The molecule has 0 heteroatoms. The maximum absolute atomic E-state index is 3.98. The summed E-state index contributed by atoms with van der Waals surface area (Å²) in [6.45, 7) is 11.9. The highest BCUT2D eigenvalue weighted by molar-refractivity contribution is 5.89. The molecule has 0 heterocycles. The maximum Gasteiger partial charge on any atom is 0.0211 e. The van der Waals surface area contributed by atoms with Gasteiger partial charge in [0.05, 0.1) is 0 Å². The molecule has 0 nitrogen and oxygen atoms in total. The van der Waals surface area contributed by atoms with E-state index in [1.807, 2.05) is 26.0 Å². The molecule has 0 spiro atoms. The average Bonchev–Trinajstić information content (AvgIpc) is 2.71. The summed E-state index contributed by atoms with van der Waals surface area (Å²) in [6, 6.07) is 17.0. The summed E-state index contributed by atoms with van der Waals surface area (Å²) in [5.74, 6) is 0.233. The van der Waals surface area contributed by atoms with E-state index in [4.69, 9.17) is 0 Å². The minimum absolute atomic E-state index is 0.233. The monoisotopic (exact) mass is 274 g/mol. The van der Waals surface area contributed by atoms with E-state index >= 15 is 0 Å². The molecule has 1 aliphatic rings. The van der Waals surface area contributed by atoms with Gasteiger partial charge in [-0.2, -0.15) is 0 Å². The summed E-state index contributed by atoms with van der Waals surface area (Å²) in [5.41, 5.74) is 6.29. The Morgan fingerprint density at radius 1 is 0.810 bits per heavy atom. The minimum atomic E-state index is 0.233. The zero-order chi connectivity index (χ0) is 15.2. The van der Waals surface area contributed by atoms with Crippen molar-refractivity contribution >= 4 is 5.57 Å². The Labute approximate surface area is 128 Å². The van der Waals surface area contributed by atoms with Crippen molar-refractivity contribution in [2.45, 2.75) is 19.8 Å². The highest BCUT2D eigenvalue weighted by Gasteiger charge is 2.18. The van der Waals surface area contributed by atoms with Crippen LogP contribution in [0, 0.1) is 0 Å². The predicted molar refractivity (Wildman–Crippen MR) is 94.3 cm³/mol. The second-order valence-corrected chi connectivity index (χ2v) is 4.72. The Bertz CT molecular complexity index is 674. The molecule has 1 unspecified atom stereocenters. The summed E-state index contributed by atoms with van der Waals surface area (Å²) >= 11 is 0. The Kier molecular flexibility index (Phi) is 4.94. The van der Waals surface area contributed by atoms with Crippen LogP contribution in [0.3, 0.4) is 0 Å². The molecule has 0 saturated carbocycles. The van der Waals surface area contributed by atoms with E-state index in [1.165, 1.54) is 27.8 Å². The molecule has 0 radical (unpaired) electrons. The molecule has 0 N–H and O–H groups in total. The third kappa shape index (κ3) is 2.75. The van der Waals surface area contributed by atoms with Crippen LogP contribution in [0.2, 0.25) is 0 Å². The highest BCUT2D eigenvalue weighted by Crippen LogP contribution is 2.40. The van der Waals surface area contributed by atoms with Crippen molar-refractivity contribution in [3.05, 3.63) is 91.0 Å². The number of hydrogen-bond donors (Lipinski definition) is 0. The lowest BCUT2D eigenvalue weighted by Crippen LogP contribution is -1.92. The topological polar surface area (TPSA) is 0 Å². The molecule has 0 aliphatic heterocycles. The van der Waals surface area contributed by atoms with E-state index in [0.717, 1.165) is 0 Å². The molecule has 0 fully saturated rings. The normalized spacial score (nSPS) is 15.3. The van der Waals surface area contributed by atoms with Gasteiger partial charge >= 0.3 is 0 Å². The van der Waals surface area contributed by atoms with Crippen LogP contribution in [0.1, 0.15) is 30.9 Å². The summed E-state index contributed by atoms with van der Waals surface area (Å²) < 4.78 is 0. The zero-order valence-corrected chi connectivity index (χ0v) is 12.8. The molecule has 1 aliphatic carbocycles. The van der Waals surface area contributed by atoms with Gasteiger partial charge in [0.15, 0.2) is 0 Å². The van der Waals surface area contributed by atoms with Gasteiger partial charge in [-0.05, 0) is 27.8 Å². The Morgan fingerprint density at radius 3 is 2.00 bits per heavy atom. The van der Waals surface area contributed by atoms with E-state index in [0.29, 0.717) is 0 Å². The average molecular weight is 274 g/mol. The van der Waals surface area contributed by atoms with Crippen LogP contribution in [0.15, 0.2) is 79.9 Å². The second-order valence-electron chi connectivity index (χ2n) is 4.72. The van der Waals surface area contributed by atoms with Gasteiger partial charge < -0.3 is 0 Å². The molecule has 106 valence electrons. The molecule has 2 aromatic rings. The van der Waals surface area contributed by atoms with Crippen LogP contribution in [-0.2, 0) is 0 Å². The van der Waals surface area contributed by atoms with Gasteiger partial charge in [0, 0.05) is 5.92 Å². The number of fused-ring (bicyclic) bond motifs is 3. The van der Waals surface area contributed by atoms with Gasteiger partial charge in [0.25, 0.3) is 0 Å². The molecule has 2 aromatic carbocycles. The van der Waals surface area contributed by atoms with Crippen molar-refractivity contribution in [2.24, 2.45) is 0 Å². The number of benzene rings is 2. The van der Waals surface area contributed by atoms with E-state index in [1.54, 1.807) is 0 Å². The molecular weight excluding hydrogens is 252 g/mol. The van der Waals surface area contributed by atoms with Crippen LogP contribution >= 0.6 is 0 Å². The first-order valence-corrected chi connectivity index (χ1v) is 7.50. The standard InChI is InChI=1S/C19H16.C2H6/c1-3-14-13-15(4-2)17-10-6-8-12-19(17)18-11-7-5-9-16(14)18;1-2/h3-14H,1-2H2;1-2H3. The SMILES string of the molecule is C=CC1=CC(C=C)c2ccccc2-c2ccccc21.CC. The van der Waals surface area contributed by atoms with Crippen LogP contribution in [0.25, 0.3) is 16.7 Å². The minimum Gasteiger partial charge on any atom is -0.102 e. The lowest BCUT2D eigenvalue weighted by Gasteiger charge is -2.12. The smallest absolute Gasteiger partial charge is 0.0211 e. The van der Waals surface area contributed by atoms with Crippen LogP contribution in [0.5, 0.6) is 0 Å². The fourth-order valence-electron chi connectivity index (χ4n) is 2.75. The van der Waals surface area contributed by atoms with E-state index in [9.17, 15) is 0 Å². The van der Waals surface area contributed by atoms with Crippen molar-refractivity contribution in [3.8, 4) is 11.1 Å². The van der Waals surface area contributed by atoms with E-state index in [2.05, 4.69) is 67.8 Å². The first-order valence-electron chi connectivity index (χ1n) is 7.50. The van der Waals surface area contributed by atoms with Crippen molar-refractivity contribution in [2.75, 3.05) is 0 Å². The number of hydrogen-bond acceptors (Lipinski definition) is 0. The van der Waals surface area contributed by atoms with Crippen LogP contribution < -0.4 is 0 Å². The highest BCUT2D eigenvalue weighted by atomic mass is 14.2. The van der Waals surface area contributed by atoms with E-state index in [-0.39, 0.29) is 5.92 Å². The van der Waals surface area contributed by atoms with Gasteiger partial charge in [-0.15, -0.1) is 6.58 Å². The van der Waals surface area contributed by atoms with Gasteiger partial charge in [-0.3, -0.25) is 0 Å². The third-order valence-electron chi connectivity index (χ3n) is 3.68. The lowest BCUT2D eigenvalue weighted by molar-refractivity contribution is 1.10. The van der Waals surface area contributed by atoms with Crippen molar-refractivity contribution in [3.63, 3.8) is 0 Å². The fourth-order valence-corrected chi connectivity index (χ4v) is 2.75. The summed E-state index contributed by atoms with van der Waals surface area (Å²) in [7, 11) is 0. The molecular formula is C21H22. The second kappa shape index (κ2) is 6.90. The Morgan fingerprint density at radius 2 is 1.38 bits per heavy atom. The predicted octanol–water partition coefficient (Wildman–Crippen LogP) is 6.23. The molecule has 0 amide bonds. The molecule has 21 heavy (non-hydrogen) atoms. The van der Waals surface area contributed by atoms with Crippen molar-refractivity contribution in [1.82, 2.24) is 0 Å². The van der Waals surface area contributed by atoms with E-state index < -0.39 is 0 Å². The lowest BCUT2D eigenvalue weighted by atomic mass is 9.92. The fraction of sp³-hybridized carbons (Fsp3) is 0.143. The van der Waals surface area contributed by atoms with Crippen molar-refractivity contribution in [1.29, 1.82) is 0 Å². The first kappa shape index (κ1) is 15.1. The summed E-state index contributed by atoms with van der Waals surface area (Å²) in [6.07, 6.45) is 6.17. The largest absolute Gasteiger partial charge is 0.102 e. The van der Waals surface area contributed by atoms with Gasteiger partial charge in [-0.1, -0.05) is 87.2 Å². The third-order valence-corrected chi connectivity index (χ3v) is 3.68. The van der Waals surface area contributed by atoms with Crippen LogP contribution in [0.4, 0.5) is 0 Å². The summed E-state index contributed by atoms with van der Waals surface area (Å²) in [5, 5.41) is 0. The number of allylic oxidation sites excluding steroid dienone is 4. The Balaban J connectivity index is 0.000000774. The molecule has 0 saturated heterocycles. The summed E-state index contributed by atoms with van der Waals surface area (Å²) in [4.78, 5) is 0. The number of rotatable bonds is 2. The molecule has 0 bridgehead atoms. The van der Waals surface area contributed by atoms with Gasteiger partial charge in [-0.25, -0.2) is 0 Å². The first-order chi connectivity index (χ1) is 10.3. The zero-order valence-electron chi connectivity index (χ0n) is 12.8. The van der Waals surface area contributed by atoms with Crippen LogP contribution in [-0.4, -0.2) is 0 Å². The molecule has 3 rings (SSSR count). The maximum atomic E-state index is 3.98. The Hall–Kier alpha value is -2.34. The molecule has 1 atom stereocenters. The molecule has 0 aromatic heterocycles.